The average molecular weight is 603 g/mol. The van der Waals surface area contributed by atoms with Crippen LogP contribution in [0.15, 0.2) is 11.8 Å². The van der Waals surface area contributed by atoms with Crippen molar-refractivity contribution < 1.29 is 53.4 Å². The lowest BCUT2D eigenvalue weighted by Crippen LogP contribution is -2.70. The molecule has 0 bridgehead atoms. The van der Waals surface area contributed by atoms with Crippen LogP contribution in [0.1, 0.15) is 61.3 Å². The van der Waals surface area contributed by atoms with Gasteiger partial charge in [-0.25, -0.2) is 4.79 Å². The Morgan fingerprint density at radius 1 is 0.953 bits per heavy atom. The van der Waals surface area contributed by atoms with E-state index in [1.165, 1.54) is 20.8 Å². The van der Waals surface area contributed by atoms with Crippen LogP contribution in [0.5, 0.6) is 0 Å². The summed E-state index contributed by atoms with van der Waals surface area (Å²) in [6.45, 7) is 11.6. The maximum absolute atomic E-state index is 14.1. The molecule has 4 saturated carbocycles. The molecule has 8 unspecified atom stereocenters. The molecule has 7 aliphatic rings. The summed E-state index contributed by atoms with van der Waals surface area (Å²) in [7, 11) is 0. The normalized spacial score (nSPS) is 57.5. The molecule has 0 radical (unpaired) electrons. The van der Waals surface area contributed by atoms with Gasteiger partial charge in [-0.1, -0.05) is 20.8 Å². The van der Waals surface area contributed by atoms with Gasteiger partial charge >= 0.3 is 17.9 Å². The average Bonchev–Trinajstić information content (AvgIpc) is 3.60. The molecule has 0 aromatic heterocycles. The molecule has 5 aliphatic carbocycles. The zero-order valence-electron chi connectivity index (χ0n) is 25.6. The predicted octanol–water partition coefficient (Wildman–Crippen LogP) is 1.30. The molecule has 43 heavy (non-hydrogen) atoms. The van der Waals surface area contributed by atoms with Crippen molar-refractivity contribution in [3.8, 4) is 0 Å². The molecule has 17 atom stereocenters. The first-order valence-electron chi connectivity index (χ1n) is 15.5. The number of fused-ring (bicyclic) bond motifs is 10. The highest BCUT2D eigenvalue weighted by atomic mass is 16.6. The highest BCUT2D eigenvalue weighted by Gasteiger charge is 2.80. The fraction of sp³-hybridized carbons (Fsp3) is 0.812. The lowest BCUT2D eigenvalue weighted by Gasteiger charge is -2.63. The van der Waals surface area contributed by atoms with Gasteiger partial charge in [0.1, 0.15) is 30.2 Å². The Labute approximate surface area is 250 Å². The lowest BCUT2D eigenvalue weighted by molar-refractivity contribution is -0.233. The summed E-state index contributed by atoms with van der Waals surface area (Å²) < 4.78 is 23.5. The van der Waals surface area contributed by atoms with Crippen molar-refractivity contribution >= 4 is 23.7 Å². The summed E-state index contributed by atoms with van der Waals surface area (Å²) >= 11 is 0. The predicted molar refractivity (Wildman–Crippen MR) is 145 cm³/mol. The number of hydrogen-bond donors (Lipinski definition) is 3. The zero-order valence-corrected chi connectivity index (χ0v) is 25.6. The number of esters is 3. The number of epoxide rings is 1. The minimum Gasteiger partial charge on any atom is -0.462 e. The SMILES string of the molecule is CC(=O)O[C@H]1CC2C(C3[C@@H](O)C4C([C@H](C)C=C5OC(=O)C(C)(O)C54C)[C@]31C)[C@@H](O)C(=O)C1C[C@@H]3O[C@@H]3[C@H](OC(C)=O)[C@@]12C. The number of rotatable bonds is 2. The van der Waals surface area contributed by atoms with Crippen molar-refractivity contribution in [1.82, 2.24) is 0 Å². The van der Waals surface area contributed by atoms with Gasteiger partial charge < -0.3 is 34.3 Å². The van der Waals surface area contributed by atoms with E-state index in [4.69, 9.17) is 18.9 Å². The topological polar surface area (TPSA) is 169 Å². The first-order valence-corrected chi connectivity index (χ1v) is 15.5. The van der Waals surface area contributed by atoms with Crippen molar-refractivity contribution in [1.29, 1.82) is 0 Å². The second-order valence-corrected chi connectivity index (χ2v) is 15.2. The number of carbonyl (C=O) groups is 4. The smallest absolute Gasteiger partial charge is 0.343 e. The minimum absolute atomic E-state index is 0.249. The third kappa shape index (κ3) is 3.29. The third-order valence-corrected chi connectivity index (χ3v) is 13.5. The summed E-state index contributed by atoms with van der Waals surface area (Å²) in [5, 5.41) is 36.0. The van der Waals surface area contributed by atoms with Crippen molar-refractivity contribution in [2.24, 2.45) is 57.7 Å². The summed E-state index contributed by atoms with van der Waals surface area (Å²) in [5.41, 5.74) is -5.19. The van der Waals surface area contributed by atoms with Crippen LogP contribution < -0.4 is 0 Å². The van der Waals surface area contributed by atoms with Gasteiger partial charge in [0.05, 0.1) is 17.6 Å². The van der Waals surface area contributed by atoms with Crippen molar-refractivity contribution in [2.75, 3.05) is 0 Å². The number of aliphatic hydroxyl groups is 3. The second kappa shape index (κ2) is 8.68. The van der Waals surface area contributed by atoms with E-state index in [0.29, 0.717) is 12.2 Å². The minimum atomic E-state index is -1.96. The van der Waals surface area contributed by atoms with Crippen LogP contribution in [0.25, 0.3) is 0 Å². The van der Waals surface area contributed by atoms with Crippen LogP contribution in [-0.4, -0.2) is 81.2 Å². The maximum atomic E-state index is 14.1. The second-order valence-electron chi connectivity index (χ2n) is 15.2. The van der Waals surface area contributed by atoms with Crippen molar-refractivity contribution in [2.45, 2.75) is 104 Å². The lowest BCUT2D eigenvalue weighted by atomic mass is 9.42. The van der Waals surface area contributed by atoms with E-state index in [1.54, 1.807) is 6.92 Å². The van der Waals surface area contributed by atoms with Crippen molar-refractivity contribution in [3.63, 3.8) is 0 Å². The van der Waals surface area contributed by atoms with Crippen LogP contribution in [-0.2, 0) is 38.1 Å². The van der Waals surface area contributed by atoms with Crippen LogP contribution in [0.2, 0.25) is 0 Å². The first-order chi connectivity index (χ1) is 19.9. The van der Waals surface area contributed by atoms with E-state index < -0.39 is 99.7 Å². The summed E-state index contributed by atoms with van der Waals surface area (Å²) in [4.78, 5) is 52.1. The van der Waals surface area contributed by atoms with E-state index in [-0.39, 0.29) is 30.3 Å². The number of hydrogen-bond acceptors (Lipinski definition) is 11. The Morgan fingerprint density at radius 3 is 2.23 bits per heavy atom. The molecule has 236 valence electrons. The van der Waals surface area contributed by atoms with E-state index in [0.717, 1.165) is 0 Å². The first kappa shape index (κ1) is 29.4. The summed E-state index contributed by atoms with van der Waals surface area (Å²) in [6, 6.07) is 0. The zero-order chi connectivity index (χ0) is 31.3. The number of aliphatic hydroxyl groups excluding tert-OH is 2. The van der Waals surface area contributed by atoms with E-state index in [1.807, 2.05) is 26.8 Å². The van der Waals surface area contributed by atoms with Gasteiger partial charge in [-0.3, -0.25) is 14.4 Å². The van der Waals surface area contributed by atoms with E-state index in [2.05, 4.69) is 0 Å². The van der Waals surface area contributed by atoms with Gasteiger partial charge in [0.25, 0.3) is 0 Å². The van der Waals surface area contributed by atoms with Gasteiger partial charge in [-0.2, -0.15) is 0 Å². The summed E-state index contributed by atoms with van der Waals surface area (Å²) in [5.74, 6) is -5.98. The number of ketones is 1. The van der Waals surface area contributed by atoms with Crippen LogP contribution in [0.4, 0.5) is 0 Å². The molecule has 2 saturated heterocycles. The van der Waals surface area contributed by atoms with Crippen LogP contribution in [0, 0.1) is 57.7 Å². The molecule has 7 rings (SSSR count). The molecule has 6 fully saturated rings. The van der Waals surface area contributed by atoms with Gasteiger partial charge in [-0.05, 0) is 50.5 Å². The molecule has 0 amide bonds. The number of ether oxygens (including phenoxy) is 4. The van der Waals surface area contributed by atoms with Gasteiger partial charge in [0.15, 0.2) is 11.4 Å². The highest BCUT2D eigenvalue weighted by Crippen LogP contribution is 2.75. The van der Waals surface area contributed by atoms with Gasteiger partial charge in [0, 0.05) is 48.3 Å². The molecular weight excluding hydrogens is 560 g/mol. The van der Waals surface area contributed by atoms with Gasteiger partial charge in [-0.15, -0.1) is 0 Å². The Kier molecular flexibility index (Phi) is 5.93. The molecule has 11 nitrogen and oxygen atoms in total. The van der Waals surface area contributed by atoms with E-state index in [9.17, 15) is 34.5 Å². The third-order valence-electron chi connectivity index (χ3n) is 13.5. The fourth-order valence-corrected chi connectivity index (χ4v) is 11.5. The molecule has 2 heterocycles. The molecule has 3 N–H and O–H groups in total. The molecule has 0 aromatic rings. The Balaban J connectivity index is 1.42. The quantitative estimate of drug-likeness (QED) is 0.237. The molecule has 0 aromatic carbocycles. The Hall–Kier alpha value is -2.34. The Bertz CT molecular complexity index is 1350. The summed E-state index contributed by atoms with van der Waals surface area (Å²) in [6.07, 6.45) is -2.28. The van der Waals surface area contributed by atoms with Crippen LogP contribution >= 0.6 is 0 Å². The van der Waals surface area contributed by atoms with Crippen molar-refractivity contribution in [3.05, 3.63) is 11.8 Å². The van der Waals surface area contributed by atoms with Gasteiger partial charge in [0.2, 0.25) is 0 Å². The van der Waals surface area contributed by atoms with E-state index >= 15 is 0 Å². The molecular formula is C32H42O11. The Morgan fingerprint density at radius 2 is 1.60 bits per heavy atom. The van der Waals surface area contributed by atoms with Crippen LogP contribution in [0.3, 0.4) is 0 Å². The largest absolute Gasteiger partial charge is 0.462 e. The monoisotopic (exact) mass is 602 g/mol. The molecule has 11 heteroatoms. The number of Topliss-reactive ketones (excluding diaryl/α,β-unsaturated/α-hetero) is 1. The maximum Gasteiger partial charge on any atom is 0.343 e. The number of carbonyl (C=O) groups excluding carboxylic acids is 4. The fourth-order valence-electron chi connectivity index (χ4n) is 11.5. The molecule has 0 spiro atoms. The molecule has 2 aliphatic heterocycles. The standard InChI is InChI=1S/C32H42O11/c1-11-8-18-31(6,32(7,39)28(38)43-18)22-20(11)30(5)17(40-12(2)33)10-14-19(21(30)25(22)37)24(36)23(35)15-9-16-26(42-16)27(29(14,15)4)41-13(3)34/h8,11,14-17,19-22,24-27,36-37,39H,9-10H2,1-7H3/t11-,14?,15?,16+,17+,19?,20?,21?,22?,24-,25-,26+,27+,29-,30-,31?,32?/m1/s1. The highest BCUT2D eigenvalue weighted by molar-refractivity contribution is 5.88. The number of allylic oxidation sites excluding steroid dienone is 1.